The first-order chi connectivity index (χ1) is 6.22. The average molecular weight is 255 g/mol. The Morgan fingerprint density at radius 3 is 1.88 bits per heavy atom. The molecule has 1 atom stereocenters. The monoisotopic (exact) mass is 255 g/mol. The highest BCUT2D eigenvalue weighted by Crippen LogP contribution is 1.86. The molecule has 112 valence electrons. The van der Waals surface area contributed by atoms with Crippen molar-refractivity contribution < 1.29 is 14.3 Å². The van der Waals surface area contributed by atoms with Crippen LogP contribution in [0.15, 0.2) is 12.7 Å². The molecule has 0 radical (unpaired) electrons. The maximum atomic E-state index is 5.10. The maximum absolute atomic E-state index is 5.10. The van der Waals surface area contributed by atoms with Crippen molar-refractivity contribution in [1.29, 1.82) is 0 Å². The summed E-state index contributed by atoms with van der Waals surface area (Å²) in [4.78, 5) is 4.46. The van der Waals surface area contributed by atoms with Gasteiger partial charge in [0.1, 0.15) is 0 Å². The van der Waals surface area contributed by atoms with Crippen molar-refractivity contribution in [2.75, 3.05) is 26.9 Å². The third-order valence-corrected chi connectivity index (χ3v) is 1.02. The van der Waals surface area contributed by atoms with Gasteiger partial charge in [-0.1, -0.05) is 35.8 Å². The number of allylic oxidation sites excluding steroid dienone is 1. The molecule has 0 aromatic carbocycles. The number of methoxy groups -OCH3 is 1. The Labute approximate surface area is 110 Å². The first kappa shape index (κ1) is 36.0. The van der Waals surface area contributed by atoms with Crippen LogP contribution in [0, 0.1) is 0 Å². The molecule has 0 spiro atoms. The van der Waals surface area contributed by atoms with Gasteiger partial charge >= 0.3 is 0 Å². The molecule has 1 unspecified atom stereocenters. The molecule has 0 aliphatic rings. The molecule has 0 aromatic heterocycles. The van der Waals surface area contributed by atoms with Gasteiger partial charge in [-0.05, 0) is 13.8 Å². The molecule has 0 fully saturated rings. The van der Waals surface area contributed by atoms with Crippen molar-refractivity contribution in [3.63, 3.8) is 0 Å². The topological polar surface area (TPSA) is 53.7 Å². The number of hydrogen-bond donors (Lipinski definition) is 1. The molecule has 0 aromatic rings. The minimum Gasteiger partial charge on any atom is -0.382 e. The highest BCUT2D eigenvalue weighted by Gasteiger charge is 1.97. The van der Waals surface area contributed by atoms with Crippen LogP contribution in [0.1, 0.15) is 43.6 Å². The zero-order valence-electron chi connectivity index (χ0n) is 8.79. The highest BCUT2D eigenvalue weighted by atomic mass is 16.6. The van der Waals surface area contributed by atoms with Gasteiger partial charge in [-0.2, -0.15) is 0 Å². The SMILES string of the molecule is C.C.C.C.C=CC.COCCOCC(C)ON. The Kier molecular flexibility index (Phi) is 76.3. The van der Waals surface area contributed by atoms with E-state index < -0.39 is 0 Å². The summed E-state index contributed by atoms with van der Waals surface area (Å²) in [7, 11) is 1.63. The van der Waals surface area contributed by atoms with E-state index in [-0.39, 0.29) is 35.8 Å². The fraction of sp³-hybridized carbons (Fsp3) is 0.846. The lowest BCUT2D eigenvalue weighted by molar-refractivity contribution is -0.0195. The summed E-state index contributed by atoms with van der Waals surface area (Å²) in [6, 6.07) is 0. The third-order valence-electron chi connectivity index (χ3n) is 1.02. The van der Waals surface area contributed by atoms with Crippen molar-refractivity contribution in [2.24, 2.45) is 5.90 Å². The van der Waals surface area contributed by atoms with Gasteiger partial charge in [0.05, 0.1) is 25.9 Å². The summed E-state index contributed by atoms with van der Waals surface area (Å²) in [5, 5.41) is 0. The number of ether oxygens (including phenoxy) is 2. The molecular formula is C13H37NO3. The predicted molar refractivity (Wildman–Crippen MR) is 80.2 cm³/mol. The molecule has 4 heteroatoms. The Balaban J connectivity index is -0.0000000393. The summed E-state index contributed by atoms with van der Waals surface area (Å²) >= 11 is 0. The van der Waals surface area contributed by atoms with E-state index in [2.05, 4.69) is 11.4 Å². The van der Waals surface area contributed by atoms with Crippen molar-refractivity contribution in [1.82, 2.24) is 0 Å². The van der Waals surface area contributed by atoms with Crippen LogP contribution in [-0.2, 0) is 14.3 Å². The van der Waals surface area contributed by atoms with Crippen molar-refractivity contribution in [3.05, 3.63) is 12.7 Å². The second-order valence-corrected chi connectivity index (χ2v) is 2.42. The lowest BCUT2D eigenvalue weighted by atomic mass is 10.4. The molecule has 0 rings (SSSR count). The Morgan fingerprint density at radius 2 is 1.59 bits per heavy atom. The average Bonchev–Trinajstić information content (AvgIpc) is 2.13. The molecule has 0 heterocycles. The summed E-state index contributed by atoms with van der Waals surface area (Å²) in [6.07, 6.45) is 1.71. The van der Waals surface area contributed by atoms with E-state index in [0.29, 0.717) is 19.8 Å². The minimum atomic E-state index is -0.0446. The Hall–Kier alpha value is -0.420. The summed E-state index contributed by atoms with van der Waals surface area (Å²) in [6.45, 7) is 8.80. The minimum absolute atomic E-state index is 0. The van der Waals surface area contributed by atoms with Gasteiger partial charge in [-0.3, -0.25) is 4.84 Å². The van der Waals surface area contributed by atoms with Crippen LogP contribution in [0.2, 0.25) is 0 Å². The molecule has 2 N–H and O–H groups in total. The number of rotatable bonds is 6. The molecule has 0 bridgehead atoms. The van der Waals surface area contributed by atoms with Crippen molar-refractivity contribution >= 4 is 0 Å². The second-order valence-electron chi connectivity index (χ2n) is 2.42. The molecule has 17 heavy (non-hydrogen) atoms. The number of nitrogens with two attached hydrogens (primary N) is 1. The second kappa shape index (κ2) is 36.1. The fourth-order valence-corrected chi connectivity index (χ4v) is 0.431. The third kappa shape index (κ3) is 50.0. The number of hydrogen-bond acceptors (Lipinski definition) is 4. The van der Waals surface area contributed by atoms with E-state index in [1.54, 1.807) is 13.2 Å². The molecule has 0 aliphatic carbocycles. The smallest absolute Gasteiger partial charge is 0.0992 e. The Morgan fingerprint density at radius 1 is 1.18 bits per heavy atom. The van der Waals surface area contributed by atoms with Gasteiger partial charge in [0, 0.05) is 7.11 Å². The van der Waals surface area contributed by atoms with Crippen molar-refractivity contribution in [2.45, 2.75) is 49.7 Å². The Bertz CT molecular complexity index is 101. The first-order valence-corrected chi connectivity index (χ1v) is 4.22. The van der Waals surface area contributed by atoms with Crippen LogP contribution in [-0.4, -0.2) is 33.0 Å². The molecule has 0 amide bonds. The molecule has 0 saturated heterocycles. The van der Waals surface area contributed by atoms with Crippen LogP contribution < -0.4 is 5.90 Å². The zero-order valence-corrected chi connectivity index (χ0v) is 8.79. The molecule has 4 nitrogen and oxygen atoms in total. The van der Waals surface area contributed by atoms with E-state index >= 15 is 0 Å². The van der Waals surface area contributed by atoms with Gasteiger partial charge in [0.2, 0.25) is 0 Å². The van der Waals surface area contributed by atoms with E-state index in [1.807, 2.05) is 13.8 Å². The lowest BCUT2D eigenvalue weighted by Crippen LogP contribution is -2.20. The van der Waals surface area contributed by atoms with E-state index in [1.165, 1.54) is 0 Å². The summed E-state index contributed by atoms with van der Waals surface area (Å²) in [5.74, 6) is 4.88. The highest BCUT2D eigenvalue weighted by molar-refractivity contribution is 4.51. The standard InChI is InChI=1S/C6H15NO3.C3H6.4CH4/c1-6(10-7)5-9-4-3-8-2;1-3-2;;;;/h6H,3-5,7H2,1-2H3;3H,1H2,2H3;4*1H4. The maximum Gasteiger partial charge on any atom is 0.0992 e. The summed E-state index contributed by atoms with van der Waals surface area (Å²) in [5.41, 5.74) is 0. The van der Waals surface area contributed by atoms with Gasteiger partial charge in [0.25, 0.3) is 0 Å². The fourth-order valence-electron chi connectivity index (χ4n) is 0.431. The van der Waals surface area contributed by atoms with Crippen LogP contribution in [0.3, 0.4) is 0 Å². The van der Waals surface area contributed by atoms with Crippen LogP contribution in [0.5, 0.6) is 0 Å². The summed E-state index contributed by atoms with van der Waals surface area (Å²) < 4.78 is 9.86. The van der Waals surface area contributed by atoms with Crippen LogP contribution >= 0.6 is 0 Å². The van der Waals surface area contributed by atoms with Crippen LogP contribution in [0.4, 0.5) is 0 Å². The molecular weight excluding hydrogens is 218 g/mol. The van der Waals surface area contributed by atoms with Gasteiger partial charge < -0.3 is 9.47 Å². The van der Waals surface area contributed by atoms with Crippen molar-refractivity contribution in [3.8, 4) is 0 Å². The quantitative estimate of drug-likeness (QED) is 0.447. The van der Waals surface area contributed by atoms with Crippen LogP contribution in [0.25, 0.3) is 0 Å². The first-order valence-electron chi connectivity index (χ1n) is 4.22. The predicted octanol–water partition coefficient (Wildman–Crippen LogP) is 3.66. The van der Waals surface area contributed by atoms with E-state index in [9.17, 15) is 0 Å². The molecule has 0 saturated carbocycles. The zero-order chi connectivity index (χ0) is 10.5. The lowest BCUT2D eigenvalue weighted by Gasteiger charge is -2.08. The van der Waals surface area contributed by atoms with Gasteiger partial charge in [-0.25, -0.2) is 5.90 Å². The van der Waals surface area contributed by atoms with E-state index in [0.717, 1.165) is 0 Å². The largest absolute Gasteiger partial charge is 0.382 e. The van der Waals surface area contributed by atoms with Gasteiger partial charge in [-0.15, -0.1) is 6.58 Å². The molecule has 0 aliphatic heterocycles. The normalized spacial score (nSPS) is 8.71. The van der Waals surface area contributed by atoms with E-state index in [4.69, 9.17) is 15.4 Å². The van der Waals surface area contributed by atoms with Gasteiger partial charge in [0.15, 0.2) is 0 Å².